The molecule has 2 aliphatic heterocycles. The highest BCUT2D eigenvalue weighted by molar-refractivity contribution is 5.97. The maximum atomic E-state index is 14.1. The third-order valence-corrected chi connectivity index (χ3v) is 5.41. The number of halogens is 1. The van der Waals surface area contributed by atoms with Gasteiger partial charge in [-0.25, -0.2) is 9.37 Å². The van der Waals surface area contributed by atoms with E-state index in [0.717, 1.165) is 11.6 Å². The molecule has 1 aromatic carbocycles. The van der Waals surface area contributed by atoms with Gasteiger partial charge in [-0.2, -0.15) is 0 Å². The van der Waals surface area contributed by atoms with E-state index in [1.54, 1.807) is 29.1 Å². The number of ether oxygens (including phenoxy) is 2. The second-order valence-electron chi connectivity index (χ2n) is 7.51. The van der Waals surface area contributed by atoms with Crippen molar-refractivity contribution < 1.29 is 18.7 Å². The van der Waals surface area contributed by atoms with Crippen LogP contribution >= 0.6 is 0 Å². The number of pyridine rings is 1. The summed E-state index contributed by atoms with van der Waals surface area (Å²) in [6, 6.07) is 6.81. The molecular formula is C22H20FN5O4. The molecule has 1 unspecified atom stereocenters. The van der Waals surface area contributed by atoms with Crippen LogP contribution in [0.15, 0.2) is 47.5 Å². The van der Waals surface area contributed by atoms with Crippen LogP contribution in [0.25, 0.3) is 11.3 Å². The van der Waals surface area contributed by atoms with Crippen molar-refractivity contribution in [2.75, 3.05) is 19.9 Å². The first-order valence-electron chi connectivity index (χ1n) is 10.2. The normalized spacial score (nSPS) is 17.5. The number of benzene rings is 1. The van der Waals surface area contributed by atoms with E-state index in [9.17, 15) is 14.0 Å². The van der Waals surface area contributed by atoms with Gasteiger partial charge in [0.25, 0.3) is 11.5 Å². The number of aromatic nitrogens is 3. The quantitative estimate of drug-likeness (QED) is 0.638. The van der Waals surface area contributed by atoms with Gasteiger partial charge in [0.15, 0.2) is 6.79 Å². The summed E-state index contributed by atoms with van der Waals surface area (Å²) < 4.78 is 26.3. The van der Waals surface area contributed by atoms with Crippen LogP contribution in [0, 0.1) is 5.82 Å². The third-order valence-electron chi connectivity index (χ3n) is 5.41. The maximum Gasteiger partial charge on any atom is 0.255 e. The highest BCUT2D eigenvalue weighted by Crippen LogP contribution is 2.30. The predicted molar refractivity (Wildman–Crippen MR) is 111 cm³/mol. The van der Waals surface area contributed by atoms with Gasteiger partial charge < -0.3 is 20.1 Å². The second-order valence-corrected chi connectivity index (χ2v) is 7.51. The molecule has 0 bridgehead atoms. The van der Waals surface area contributed by atoms with Gasteiger partial charge in [0, 0.05) is 49.2 Å². The number of hydrogen-bond donors (Lipinski definition) is 2. The van der Waals surface area contributed by atoms with Gasteiger partial charge in [-0.15, -0.1) is 0 Å². The van der Waals surface area contributed by atoms with Gasteiger partial charge in [0.05, 0.1) is 23.9 Å². The lowest BCUT2D eigenvalue weighted by Crippen LogP contribution is -2.37. The molecule has 0 aliphatic carbocycles. The van der Waals surface area contributed by atoms with Gasteiger partial charge in [0.1, 0.15) is 17.4 Å². The van der Waals surface area contributed by atoms with Gasteiger partial charge in [-0.1, -0.05) is 0 Å². The SMILES string of the molecule is O=C(NC1CNCCn2c1nc(-c1ccncc1)cc2=O)c1cc(F)cc2c1OCOC2. The Hall–Kier alpha value is -3.63. The van der Waals surface area contributed by atoms with Crippen molar-refractivity contribution in [2.45, 2.75) is 19.2 Å². The number of carbonyl (C=O) groups excluding carboxylic acids is 1. The molecule has 0 saturated heterocycles. The van der Waals surface area contributed by atoms with Crippen LogP contribution in [-0.4, -0.2) is 40.3 Å². The molecule has 10 heteroatoms. The largest absolute Gasteiger partial charge is 0.466 e. The van der Waals surface area contributed by atoms with Crippen LogP contribution < -0.4 is 20.9 Å². The fourth-order valence-corrected chi connectivity index (χ4v) is 3.91. The van der Waals surface area contributed by atoms with Crippen LogP contribution in [0.3, 0.4) is 0 Å². The van der Waals surface area contributed by atoms with Gasteiger partial charge in [-0.05, 0) is 24.3 Å². The van der Waals surface area contributed by atoms with E-state index in [2.05, 4.69) is 15.6 Å². The lowest BCUT2D eigenvalue weighted by Gasteiger charge is -2.23. The Morgan fingerprint density at radius 2 is 2.09 bits per heavy atom. The summed E-state index contributed by atoms with van der Waals surface area (Å²) in [6.07, 6.45) is 3.25. The molecule has 1 amide bonds. The molecule has 0 fully saturated rings. The Bertz CT molecular complexity index is 1230. The van der Waals surface area contributed by atoms with Crippen LogP contribution in [-0.2, 0) is 17.9 Å². The van der Waals surface area contributed by atoms with Crippen LogP contribution in [0.1, 0.15) is 27.8 Å². The molecule has 0 radical (unpaired) electrons. The summed E-state index contributed by atoms with van der Waals surface area (Å²) in [6.45, 7) is 1.47. The molecule has 164 valence electrons. The smallest absolute Gasteiger partial charge is 0.255 e. The van der Waals surface area contributed by atoms with E-state index in [-0.39, 0.29) is 24.5 Å². The van der Waals surface area contributed by atoms with Crippen molar-refractivity contribution in [2.24, 2.45) is 0 Å². The van der Waals surface area contributed by atoms with E-state index >= 15 is 0 Å². The summed E-state index contributed by atoms with van der Waals surface area (Å²) >= 11 is 0. The van der Waals surface area contributed by atoms with Crippen molar-refractivity contribution in [3.63, 3.8) is 0 Å². The molecule has 0 spiro atoms. The lowest BCUT2D eigenvalue weighted by molar-refractivity contribution is -0.0170. The zero-order valence-corrected chi connectivity index (χ0v) is 17.0. The molecule has 0 saturated carbocycles. The Balaban J connectivity index is 1.52. The highest BCUT2D eigenvalue weighted by Gasteiger charge is 2.27. The van der Waals surface area contributed by atoms with Crippen molar-refractivity contribution >= 4 is 5.91 Å². The molecule has 4 heterocycles. The number of amides is 1. The average molecular weight is 437 g/mol. The molecule has 2 aliphatic rings. The minimum absolute atomic E-state index is 0.0149. The number of nitrogens with zero attached hydrogens (tertiary/aromatic N) is 3. The van der Waals surface area contributed by atoms with Crippen molar-refractivity contribution in [1.82, 2.24) is 25.2 Å². The van der Waals surface area contributed by atoms with E-state index in [4.69, 9.17) is 14.5 Å². The molecule has 32 heavy (non-hydrogen) atoms. The van der Waals surface area contributed by atoms with E-state index in [0.29, 0.717) is 42.5 Å². The van der Waals surface area contributed by atoms with Crippen molar-refractivity contribution in [3.05, 3.63) is 75.8 Å². The van der Waals surface area contributed by atoms with E-state index < -0.39 is 17.8 Å². The van der Waals surface area contributed by atoms with Crippen molar-refractivity contribution in [3.8, 4) is 17.0 Å². The summed E-state index contributed by atoms with van der Waals surface area (Å²) in [4.78, 5) is 34.7. The number of carbonyl (C=O) groups is 1. The molecule has 2 N–H and O–H groups in total. The first-order chi connectivity index (χ1) is 15.6. The minimum Gasteiger partial charge on any atom is -0.466 e. The lowest BCUT2D eigenvalue weighted by atomic mass is 10.1. The molecule has 9 nitrogen and oxygen atoms in total. The molecule has 3 aromatic rings. The molecule has 5 rings (SSSR count). The van der Waals surface area contributed by atoms with Gasteiger partial charge in [0.2, 0.25) is 0 Å². The number of rotatable bonds is 3. The topological polar surface area (TPSA) is 107 Å². The predicted octanol–water partition coefficient (Wildman–Crippen LogP) is 1.39. The number of nitrogens with one attached hydrogen (secondary N) is 2. The molecule has 2 aromatic heterocycles. The first kappa shape index (κ1) is 20.3. The Morgan fingerprint density at radius 3 is 2.94 bits per heavy atom. The first-order valence-corrected chi connectivity index (χ1v) is 10.2. The van der Waals surface area contributed by atoms with Crippen LogP contribution in [0.2, 0.25) is 0 Å². The van der Waals surface area contributed by atoms with Gasteiger partial charge >= 0.3 is 0 Å². The Kier molecular flexibility index (Phi) is 5.38. The highest BCUT2D eigenvalue weighted by atomic mass is 19.1. The molecule has 1 atom stereocenters. The Morgan fingerprint density at radius 1 is 1.25 bits per heavy atom. The zero-order chi connectivity index (χ0) is 22.1. The average Bonchev–Trinajstić information content (AvgIpc) is 3.01. The summed E-state index contributed by atoms with van der Waals surface area (Å²) in [5.74, 6) is -0.354. The number of hydrogen-bond acceptors (Lipinski definition) is 7. The number of fused-ring (bicyclic) bond motifs is 2. The minimum atomic E-state index is -0.613. The van der Waals surface area contributed by atoms with Gasteiger partial charge in [-0.3, -0.25) is 19.1 Å². The third kappa shape index (κ3) is 3.85. The zero-order valence-electron chi connectivity index (χ0n) is 17.0. The summed E-state index contributed by atoms with van der Waals surface area (Å²) in [5, 5.41) is 6.10. The summed E-state index contributed by atoms with van der Waals surface area (Å²) in [7, 11) is 0. The fourth-order valence-electron chi connectivity index (χ4n) is 3.91. The Labute approximate surface area is 182 Å². The van der Waals surface area contributed by atoms with Crippen molar-refractivity contribution in [1.29, 1.82) is 0 Å². The summed E-state index contributed by atoms with van der Waals surface area (Å²) in [5.41, 5.74) is 1.57. The maximum absolute atomic E-state index is 14.1. The van der Waals surface area contributed by atoms with E-state index in [1.165, 1.54) is 12.1 Å². The van der Waals surface area contributed by atoms with Crippen LogP contribution in [0.5, 0.6) is 5.75 Å². The van der Waals surface area contributed by atoms with Crippen LogP contribution in [0.4, 0.5) is 4.39 Å². The monoisotopic (exact) mass is 437 g/mol. The second kappa shape index (κ2) is 8.48. The molecular weight excluding hydrogens is 417 g/mol. The van der Waals surface area contributed by atoms with E-state index in [1.807, 2.05) is 0 Å². The standard InChI is InChI=1S/C22H20FN5O4/c23-15-7-14-11-31-12-32-20(14)16(8-15)22(30)27-18-10-25-5-6-28-19(29)9-17(26-21(18)28)13-1-3-24-4-2-13/h1-4,7-9,18,25H,5-6,10-12H2,(H,27,30). The fraction of sp³-hybridized carbons (Fsp3) is 0.273.